The summed E-state index contributed by atoms with van der Waals surface area (Å²) in [4.78, 5) is 35.0. The number of aromatic nitrogens is 3. The van der Waals surface area contributed by atoms with E-state index in [-0.39, 0.29) is 17.4 Å². The van der Waals surface area contributed by atoms with Gasteiger partial charge in [0.05, 0.1) is 11.3 Å². The van der Waals surface area contributed by atoms with Gasteiger partial charge in [0.2, 0.25) is 5.91 Å². The molecule has 1 unspecified atom stereocenters. The van der Waals surface area contributed by atoms with Crippen LogP contribution in [-0.2, 0) is 17.8 Å². The van der Waals surface area contributed by atoms with Crippen molar-refractivity contribution in [1.29, 1.82) is 0 Å². The highest BCUT2D eigenvalue weighted by molar-refractivity contribution is 5.79. The second-order valence-corrected chi connectivity index (χ2v) is 9.31. The zero-order valence-electron chi connectivity index (χ0n) is 17.5. The molecule has 0 radical (unpaired) electrons. The summed E-state index contributed by atoms with van der Waals surface area (Å²) in [6.45, 7) is 7.57. The first kappa shape index (κ1) is 18.9. The van der Waals surface area contributed by atoms with Crippen molar-refractivity contribution in [2.75, 3.05) is 19.6 Å². The molecule has 1 amide bonds. The molecule has 1 saturated heterocycles. The number of nitrogens with zero attached hydrogens (tertiary/aromatic N) is 4. The number of likely N-dealkylation sites (tertiary alicyclic amines) is 1. The van der Waals surface area contributed by atoms with Gasteiger partial charge in [-0.15, -0.1) is 0 Å². The molecule has 2 aromatic rings. The fourth-order valence-corrected chi connectivity index (χ4v) is 5.02. The first-order chi connectivity index (χ1) is 14.0. The van der Waals surface area contributed by atoms with Crippen LogP contribution in [0.1, 0.15) is 68.8 Å². The Kier molecular flexibility index (Phi) is 4.73. The molecule has 2 fully saturated rings. The maximum Gasteiger partial charge on any atom is 0.277 e. The summed E-state index contributed by atoms with van der Waals surface area (Å²) in [7, 11) is 0. The zero-order chi connectivity index (χ0) is 20.1. The third-order valence-corrected chi connectivity index (χ3v) is 7.17. The Bertz CT molecular complexity index is 987. The summed E-state index contributed by atoms with van der Waals surface area (Å²) >= 11 is 0. The van der Waals surface area contributed by atoms with Crippen LogP contribution in [0.25, 0.3) is 5.65 Å². The highest BCUT2D eigenvalue weighted by Crippen LogP contribution is 2.32. The summed E-state index contributed by atoms with van der Waals surface area (Å²) in [5.41, 5.74) is 3.54. The van der Waals surface area contributed by atoms with Crippen LogP contribution >= 0.6 is 0 Å². The SMILES string of the molecule is CC(C)N1CCc2nc3cc(C4CCCN(C(=O)C5CCC5)C4)[nH]n3c(=O)c2C1. The standard InChI is InChI=1S/C22H31N5O2/c1-14(2)25-10-8-18-17(13-25)22(29)27-20(23-18)11-19(24-27)16-7-4-9-26(12-16)21(28)15-5-3-6-15/h11,14-16,24H,3-10,12-13H2,1-2H3. The Morgan fingerprint density at radius 3 is 2.76 bits per heavy atom. The van der Waals surface area contributed by atoms with Crippen molar-refractivity contribution in [1.82, 2.24) is 24.4 Å². The molecule has 2 aliphatic heterocycles. The van der Waals surface area contributed by atoms with Crippen LogP contribution < -0.4 is 5.56 Å². The van der Waals surface area contributed by atoms with Crippen molar-refractivity contribution >= 4 is 11.6 Å². The molecule has 2 aromatic heterocycles. The Morgan fingerprint density at radius 2 is 2.03 bits per heavy atom. The molecule has 3 aliphatic rings. The van der Waals surface area contributed by atoms with Crippen molar-refractivity contribution in [2.45, 2.75) is 70.9 Å². The summed E-state index contributed by atoms with van der Waals surface area (Å²) < 4.78 is 1.62. The van der Waals surface area contributed by atoms with E-state index in [0.717, 1.165) is 68.7 Å². The van der Waals surface area contributed by atoms with E-state index < -0.39 is 0 Å². The molecule has 1 atom stereocenters. The maximum atomic E-state index is 13.1. The lowest BCUT2D eigenvalue weighted by atomic mass is 9.83. The summed E-state index contributed by atoms with van der Waals surface area (Å²) in [6, 6.07) is 2.45. The van der Waals surface area contributed by atoms with Gasteiger partial charge >= 0.3 is 0 Å². The minimum absolute atomic E-state index is 0.0276. The van der Waals surface area contributed by atoms with Crippen LogP contribution in [0, 0.1) is 5.92 Å². The number of fused-ring (bicyclic) bond motifs is 2. The molecule has 0 bridgehead atoms. The molecule has 5 rings (SSSR count). The van der Waals surface area contributed by atoms with Gasteiger partial charge in [-0.1, -0.05) is 6.42 Å². The van der Waals surface area contributed by atoms with E-state index in [9.17, 15) is 9.59 Å². The lowest BCUT2D eigenvalue weighted by Crippen LogP contribution is -2.44. The minimum Gasteiger partial charge on any atom is -0.342 e. The first-order valence-corrected chi connectivity index (χ1v) is 11.2. The number of piperidine rings is 1. The highest BCUT2D eigenvalue weighted by atomic mass is 16.2. The van der Waals surface area contributed by atoms with Crippen LogP contribution in [0.3, 0.4) is 0 Å². The predicted octanol–water partition coefficient (Wildman–Crippen LogP) is 2.30. The van der Waals surface area contributed by atoms with Gasteiger partial charge in [-0.05, 0) is 39.5 Å². The van der Waals surface area contributed by atoms with Crippen LogP contribution in [0.4, 0.5) is 0 Å². The number of carbonyl (C=O) groups excluding carboxylic acids is 1. The molecule has 1 aliphatic carbocycles. The van der Waals surface area contributed by atoms with E-state index in [2.05, 4.69) is 23.8 Å². The number of nitrogens with one attached hydrogen (secondary N) is 1. The van der Waals surface area contributed by atoms with E-state index in [1.165, 1.54) is 6.42 Å². The van der Waals surface area contributed by atoms with Crippen molar-refractivity contribution in [3.8, 4) is 0 Å². The van der Waals surface area contributed by atoms with Gasteiger partial charge in [0.15, 0.2) is 5.65 Å². The molecule has 156 valence electrons. The largest absolute Gasteiger partial charge is 0.342 e. The van der Waals surface area contributed by atoms with Gasteiger partial charge in [-0.25, -0.2) is 9.50 Å². The van der Waals surface area contributed by atoms with Crippen molar-refractivity contribution in [2.24, 2.45) is 5.92 Å². The lowest BCUT2D eigenvalue weighted by molar-refractivity contribution is -0.139. The molecular formula is C22H31N5O2. The van der Waals surface area contributed by atoms with E-state index in [1.54, 1.807) is 4.52 Å². The second-order valence-electron chi connectivity index (χ2n) is 9.31. The number of H-pyrrole nitrogens is 1. The van der Waals surface area contributed by atoms with E-state index in [4.69, 9.17) is 4.98 Å². The topological polar surface area (TPSA) is 73.7 Å². The van der Waals surface area contributed by atoms with Gasteiger partial charge in [0.1, 0.15) is 0 Å². The monoisotopic (exact) mass is 397 g/mol. The van der Waals surface area contributed by atoms with Gasteiger partial charge in [-0.2, -0.15) is 0 Å². The number of aromatic amines is 1. The fourth-order valence-electron chi connectivity index (χ4n) is 5.02. The second kappa shape index (κ2) is 7.27. The molecule has 7 nitrogen and oxygen atoms in total. The zero-order valence-corrected chi connectivity index (χ0v) is 17.5. The number of hydrogen-bond donors (Lipinski definition) is 1. The fraction of sp³-hybridized carbons (Fsp3) is 0.682. The normalized spacial score (nSPS) is 23.4. The molecule has 1 N–H and O–H groups in total. The summed E-state index contributed by atoms with van der Waals surface area (Å²) in [5, 5.41) is 3.33. The Hall–Kier alpha value is -2.15. The Morgan fingerprint density at radius 1 is 1.21 bits per heavy atom. The lowest BCUT2D eigenvalue weighted by Gasteiger charge is -2.37. The van der Waals surface area contributed by atoms with Crippen LogP contribution in [0.2, 0.25) is 0 Å². The minimum atomic E-state index is 0.0276. The number of rotatable bonds is 3. The van der Waals surface area contributed by atoms with Crippen molar-refractivity contribution in [3.63, 3.8) is 0 Å². The number of amides is 1. The first-order valence-electron chi connectivity index (χ1n) is 11.2. The molecule has 4 heterocycles. The third-order valence-electron chi connectivity index (χ3n) is 7.17. The molecular weight excluding hydrogens is 366 g/mol. The quantitative estimate of drug-likeness (QED) is 0.862. The van der Waals surface area contributed by atoms with Crippen LogP contribution in [0.5, 0.6) is 0 Å². The van der Waals surface area contributed by atoms with Gasteiger partial charge in [0.25, 0.3) is 5.56 Å². The van der Waals surface area contributed by atoms with E-state index in [1.807, 2.05) is 11.0 Å². The van der Waals surface area contributed by atoms with Crippen molar-refractivity contribution in [3.05, 3.63) is 33.4 Å². The smallest absolute Gasteiger partial charge is 0.277 e. The predicted molar refractivity (Wildman–Crippen MR) is 111 cm³/mol. The maximum absolute atomic E-state index is 13.1. The summed E-state index contributed by atoms with van der Waals surface area (Å²) in [6.07, 6.45) is 6.16. The number of carbonyl (C=O) groups is 1. The van der Waals surface area contributed by atoms with E-state index in [0.29, 0.717) is 24.1 Å². The number of hydrogen-bond acceptors (Lipinski definition) is 4. The van der Waals surface area contributed by atoms with Gasteiger partial charge < -0.3 is 4.90 Å². The molecule has 1 saturated carbocycles. The Labute approximate surface area is 171 Å². The van der Waals surface area contributed by atoms with Crippen molar-refractivity contribution < 1.29 is 4.79 Å². The Balaban J connectivity index is 1.42. The van der Waals surface area contributed by atoms with Crippen LogP contribution in [0.15, 0.2) is 10.9 Å². The average Bonchev–Trinajstić information content (AvgIpc) is 3.11. The average molecular weight is 398 g/mol. The highest BCUT2D eigenvalue weighted by Gasteiger charge is 2.33. The molecule has 0 spiro atoms. The summed E-state index contributed by atoms with van der Waals surface area (Å²) in [5.74, 6) is 0.825. The van der Waals surface area contributed by atoms with E-state index >= 15 is 0 Å². The molecule has 0 aromatic carbocycles. The third kappa shape index (κ3) is 3.29. The van der Waals surface area contributed by atoms with Gasteiger partial charge in [-0.3, -0.25) is 19.6 Å². The van der Waals surface area contributed by atoms with Gasteiger partial charge in [0, 0.05) is 62.2 Å². The molecule has 7 heteroatoms. The van der Waals surface area contributed by atoms with Crippen LogP contribution in [-0.4, -0.2) is 56.0 Å². The molecule has 29 heavy (non-hydrogen) atoms.